The number of aromatic nitrogens is 2. The summed E-state index contributed by atoms with van der Waals surface area (Å²) in [5, 5.41) is 9.86. The van der Waals surface area contributed by atoms with Gasteiger partial charge in [-0.1, -0.05) is 0 Å². The molecule has 3 aliphatic rings. The summed E-state index contributed by atoms with van der Waals surface area (Å²) >= 11 is 0. The number of carbonyl (C=O) groups is 3. The molecule has 1 unspecified atom stereocenters. The molecule has 2 amide bonds. The maximum Gasteiger partial charge on any atom is 0.490 e. The second-order valence-corrected chi connectivity index (χ2v) is 8.50. The molecule has 0 radical (unpaired) electrons. The highest BCUT2D eigenvalue weighted by Crippen LogP contribution is 2.36. The lowest BCUT2D eigenvalue weighted by molar-refractivity contribution is -0.192. The number of likely N-dealkylation sites (N-methyl/N-ethyl adjacent to an activating group) is 1. The first-order valence-electron chi connectivity index (χ1n) is 10.4. The van der Waals surface area contributed by atoms with Gasteiger partial charge in [0.1, 0.15) is 17.3 Å². The van der Waals surface area contributed by atoms with E-state index in [1.165, 1.54) is 19.0 Å². The highest BCUT2D eigenvalue weighted by atomic mass is 19.4. The summed E-state index contributed by atoms with van der Waals surface area (Å²) < 4.78 is 37.8. The van der Waals surface area contributed by atoms with Crippen molar-refractivity contribution in [3.8, 4) is 0 Å². The molecule has 1 aromatic rings. The van der Waals surface area contributed by atoms with E-state index < -0.39 is 12.1 Å². The highest BCUT2D eigenvalue weighted by Gasteiger charge is 2.52. The quantitative estimate of drug-likeness (QED) is 0.647. The molecular formula is C20H26F3N5O5. The van der Waals surface area contributed by atoms with Crippen LogP contribution in [0.3, 0.4) is 0 Å². The van der Waals surface area contributed by atoms with Gasteiger partial charge in [0.15, 0.2) is 0 Å². The number of aryl methyl sites for hydroxylation is 1. The van der Waals surface area contributed by atoms with E-state index in [9.17, 15) is 22.8 Å². The Morgan fingerprint density at radius 3 is 2.33 bits per heavy atom. The number of carboxylic acid groups (broad SMARTS) is 1. The zero-order chi connectivity index (χ0) is 24.4. The second kappa shape index (κ2) is 9.59. The Morgan fingerprint density at radius 2 is 1.85 bits per heavy atom. The number of halogens is 3. The molecule has 33 heavy (non-hydrogen) atoms. The average Bonchev–Trinajstić information content (AvgIpc) is 3.55. The molecule has 1 atom stereocenters. The number of rotatable bonds is 4. The number of ether oxygens (including phenoxy) is 1. The average molecular weight is 473 g/mol. The summed E-state index contributed by atoms with van der Waals surface area (Å²) in [7, 11) is 1.66. The van der Waals surface area contributed by atoms with E-state index in [-0.39, 0.29) is 23.5 Å². The first kappa shape index (κ1) is 24.8. The van der Waals surface area contributed by atoms with Gasteiger partial charge in [0.05, 0.1) is 31.6 Å². The van der Waals surface area contributed by atoms with Gasteiger partial charge in [-0.05, 0) is 25.7 Å². The van der Waals surface area contributed by atoms with Crippen LogP contribution in [0, 0.1) is 12.8 Å². The van der Waals surface area contributed by atoms with Crippen LogP contribution in [-0.4, -0.2) is 100 Å². The van der Waals surface area contributed by atoms with Gasteiger partial charge in [0.25, 0.3) is 5.91 Å². The van der Waals surface area contributed by atoms with Crippen LogP contribution in [0.25, 0.3) is 0 Å². The number of hydrogen-bond acceptors (Lipinski definition) is 7. The van der Waals surface area contributed by atoms with Crippen LogP contribution in [0.15, 0.2) is 12.4 Å². The van der Waals surface area contributed by atoms with E-state index >= 15 is 0 Å². The molecule has 1 saturated carbocycles. The maximum atomic E-state index is 12.5. The minimum atomic E-state index is -5.08. The predicted octanol–water partition coefficient (Wildman–Crippen LogP) is 0.470. The van der Waals surface area contributed by atoms with Crippen molar-refractivity contribution in [2.24, 2.45) is 5.92 Å². The standard InChI is InChI=1S/C18H25N5O3.C2HF3O2/c1-12-5-21-14(6-20-12)17(25)23-10-18(11-23)9-22(7-13-3-4-13)15(8-26-18)16(24)19-2;3-2(4,5)1(6)7/h5-6,13,15H,3-4,7-11H2,1-2H3,(H,19,24);(H,6,7). The number of likely N-dealkylation sites (tertiary alicyclic amines) is 1. The van der Waals surface area contributed by atoms with E-state index in [1.807, 2.05) is 6.92 Å². The summed E-state index contributed by atoms with van der Waals surface area (Å²) in [6, 6.07) is -0.237. The molecule has 13 heteroatoms. The van der Waals surface area contributed by atoms with Gasteiger partial charge in [0, 0.05) is 26.3 Å². The van der Waals surface area contributed by atoms with Gasteiger partial charge in [-0.15, -0.1) is 0 Å². The predicted molar refractivity (Wildman–Crippen MR) is 107 cm³/mol. The molecule has 182 valence electrons. The van der Waals surface area contributed by atoms with Crippen molar-refractivity contribution in [3.63, 3.8) is 0 Å². The Morgan fingerprint density at radius 1 is 1.21 bits per heavy atom. The molecule has 1 aromatic heterocycles. The lowest BCUT2D eigenvalue weighted by Gasteiger charge is -2.55. The Hall–Kier alpha value is -2.80. The van der Waals surface area contributed by atoms with Crippen molar-refractivity contribution in [2.75, 3.05) is 39.8 Å². The van der Waals surface area contributed by atoms with Crippen LogP contribution in [0.5, 0.6) is 0 Å². The summed E-state index contributed by atoms with van der Waals surface area (Å²) in [4.78, 5) is 45.9. The summed E-state index contributed by atoms with van der Waals surface area (Å²) in [6.07, 6.45) is 0.514. The highest BCUT2D eigenvalue weighted by molar-refractivity contribution is 5.92. The normalized spacial score (nSPS) is 22.1. The first-order chi connectivity index (χ1) is 15.4. The van der Waals surface area contributed by atoms with Gasteiger partial charge in [0.2, 0.25) is 5.91 Å². The number of carboxylic acids is 1. The van der Waals surface area contributed by atoms with Crippen molar-refractivity contribution >= 4 is 17.8 Å². The molecule has 2 N–H and O–H groups in total. The van der Waals surface area contributed by atoms with Crippen LogP contribution < -0.4 is 5.32 Å². The first-order valence-corrected chi connectivity index (χ1v) is 10.4. The molecule has 4 rings (SSSR count). The minimum Gasteiger partial charge on any atom is -0.475 e. The number of nitrogens with zero attached hydrogens (tertiary/aromatic N) is 4. The van der Waals surface area contributed by atoms with Crippen LogP contribution in [-0.2, 0) is 14.3 Å². The fraction of sp³-hybridized carbons (Fsp3) is 0.650. The molecule has 3 fully saturated rings. The fourth-order valence-electron chi connectivity index (χ4n) is 3.77. The Balaban J connectivity index is 0.000000383. The molecule has 2 aliphatic heterocycles. The second-order valence-electron chi connectivity index (χ2n) is 8.50. The fourth-order valence-corrected chi connectivity index (χ4v) is 3.77. The van der Waals surface area contributed by atoms with E-state index in [0.29, 0.717) is 37.9 Å². The zero-order valence-electron chi connectivity index (χ0n) is 18.3. The zero-order valence-corrected chi connectivity index (χ0v) is 18.3. The SMILES string of the molecule is CNC(=O)C1COC2(CN(C(=O)c3cnc(C)cn3)C2)CN1CC1CC1.O=C(O)C(F)(F)F. The van der Waals surface area contributed by atoms with Crippen molar-refractivity contribution in [1.29, 1.82) is 0 Å². The van der Waals surface area contributed by atoms with Crippen molar-refractivity contribution < 1.29 is 37.4 Å². The molecule has 0 bridgehead atoms. The van der Waals surface area contributed by atoms with E-state index in [1.54, 1.807) is 18.1 Å². The van der Waals surface area contributed by atoms with Gasteiger partial charge < -0.3 is 20.1 Å². The molecule has 1 aliphatic carbocycles. The van der Waals surface area contributed by atoms with Gasteiger partial charge in [-0.2, -0.15) is 13.2 Å². The number of morpholine rings is 1. The van der Waals surface area contributed by atoms with Crippen LogP contribution in [0.2, 0.25) is 0 Å². The van der Waals surface area contributed by atoms with Crippen molar-refractivity contribution in [1.82, 2.24) is 25.1 Å². The number of amides is 2. The smallest absolute Gasteiger partial charge is 0.475 e. The summed E-state index contributed by atoms with van der Waals surface area (Å²) in [5.74, 6) is -2.18. The third-order valence-corrected chi connectivity index (χ3v) is 5.71. The minimum absolute atomic E-state index is 0.00249. The topological polar surface area (TPSA) is 125 Å². The van der Waals surface area contributed by atoms with Gasteiger partial charge in [-0.25, -0.2) is 9.78 Å². The van der Waals surface area contributed by atoms with Gasteiger partial charge in [-0.3, -0.25) is 19.5 Å². The third kappa shape index (κ3) is 6.16. The largest absolute Gasteiger partial charge is 0.490 e. The van der Waals surface area contributed by atoms with E-state index in [0.717, 1.165) is 12.2 Å². The van der Waals surface area contributed by atoms with Gasteiger partial charge >= 0.3 is 12.1 Å². The molecule has 1 spiro atoms. The van der Waals surface area contributed by atoms with E-state index in [2.05, 4.69) is 20.2 Å². The van der Waals surface area contributed by atoms with Crippen LogP contribution >= 0.6 is 0 Å². The molecular weight excluding hydrogens is 447 g/mol. The van der Waals surface area contributed by atoms with Crippen molar-refractivity contribution in [3.05, 3.63) is 23.8 Å². The number of carbonyl (C=O) groups excluding carboxylic acids is 2. The lowest BCUT2D eigenvalue weighted by atomic mass is 9.89. The monoisotopic (exact) mass is 473 g/mol. The molecule has 3 heterocycles. The number of aliphatic carboxylic acids is 1. The van der Waals surface area contributed by atoms with Crippen LogP contribution in [0.4, 0.5) is 13.2 Å². The Labute approximate surface area is 188 Å². The maximum absolute atomic E-state index is 12.5. The van der Waals surface area contributed by atoms with E-state index in [4.69, 9.17) is 14.6 Å². The molecule has 10 nitrogen and oxygen atoms in total. The molecule has 0 aromatic carbocycles. The van der Waals surface area contributed by atoms with Crippen molar-refractivity contribution in [2.45, 2.75) is 37.6 Å². The lowest BCUT2D eigenvalue weighted by Crippen LogP contribution is -2.73. The number of alkyl halides is 3. The van der Waals surface area contributed by atoms with Crippen LogP contribution in [0.1, 0.15) is 29.0 Å². The summed E-state index contributed by atoms with van der Waals surface area (Å²) in [6.45, 7) is 4.89. The third-order valence-electron chi connectivity index (χ3n) is 5.71. The Bertz CT molecular complexity index is 885. The molecule has 2 saturated heterocycles. The Kier molecular flexibility index (Phi) is 7.22. The number of nitrogens with one attached hydrogen (secondary N) is 1. The summed E-state index contributed by atoms with van der Waals surface area (Å²) in [5.41, 5.74) is 0.778. The number of hydrogen-bond donors (Lipinski definition) is 2.